The molecule has 10 heteroatoms. The maximum Gasteiger partial charge on any atom is 0.471 e. The fourth-order valence-electron chi connectivity index (χ4n) is 1.75. The fraction of sp³-hybridized carbons (Fsp3) is 0.231. The number of halogens is 3. The molecule has 0 fully saturated rings. The number of hydrogen-bond donors (Lipinski definition) is 2. The lowest BCUT2D eigenvalue weighted by molar-refractivity contribution is -0.175. The molecule has 0 spiro atoms. The highest BCUT2D eigenvalue weighted by atomic mass is 19.4. The third kappa shape index (κ3) is 4.28. The van der Waals surface area contributed by atoms with Crippen molar-refractivity contribution >= 4 is 11.9 Å². The van der Waals surface area contributed by atoms with Crippen molar-refractivity contribution < 1.29 is 27.9 Å². The van der Waals surface area contributed by atoms with E-state index in [1.54, 1.807) is 30.3 Å². The average Bonchev–Trinajstić information content (AvgIpc) is 2.95. The molecule has 23 heavy (non-hydrogen) atoms. The minimum Gasteiger partial charge on any atom is -0.480 e. The highest BCUT2D eigenvalue weighted by Gasteiger charge is 2.41. The summed E-state index contributed by atoms with van der Waals surface area (Å²) in [6.45, 7) is 0. The Morgan fingerprint density at radius 1 is 1.26 bits per heavy atom. The SMILES string of the molecule is O=C(O)C(Cc1cn(-c2ccccc2)nn1)NC(=O)C(F)(F)F. The van der Waals surface area contributed by atoms with E-state index < -0.39 is 30.5 Å². The number of carboxylic acids is 1. The lowest BCUT2D eigenvalue weighted by Crippen LogP contribution is -2.47. The number of nitrogens with zero attached hydrogens (tertiary/aromatic N) is 3. The molecule has 0 aliphatic carbocycles. The molecule has 2 rings (SSSR count). The largest absolute Gasteiger partial charge is 0.480 e. The van der Waals surface area contributed by atoms with Gasteiger partial charge in [-0.3, -0.25) is 4.79 Å². The first-order valence-corrected chi connectivity index (χ1v) is 6.34. The van der Waals surface area contributed by atoms with Crippen molar-refractivity contribution in [2.24, 2.45) is 0 Å². The van der Waals surface area contributed by atoms with Gasteiger partial charge in [0.05, 0.1) is 17.6 Å². The van der Waals surface area contributed by atoms with Crippen LogP contribution in [0.1, 0.15) is 5.69 Å². The van der Waals surface area contributed by atoms with Gasteiger partial charge < -0.3 is 10.4 Å². The van der Waals surface area contributed by atoms with E-state index >= 15 is 0 Å². The lowest BCUT2D eigenvalue weighted by atomic mass is 10.1. The van der Waals surface area contributed by atoms with E-state index in [1.165, 1.54) is 16.2 Å². The minimum absolute atomic E-state index is 0.128. The Balaban J connectivity index is 2.11. The van der Waals surface area contributed by atoms with Crippen LogP contribution >= 0.6 is 0 Å². The van der Waals surface area contributed by atoms with Gasteiger partial charge in [-0.05, 0) is 12.1 Å². The molecule has 1 unspecified atom stereocenters. The smallest absolute Gasteiger partial charge is 0.471 e. The molecule has 1 atom stereocenters. The van der Waals surface area contributed by atoms with Crippen LogP contribution in [0.2, 0.25) is 0 Å². The lowest BCUT2D eigenvalue weighted by Gasteiger charge is -2.14. The van der Waals surface area contributed by atoms with Crippen molar-refractivity contribution in [3.63, 3.8) is 0 Å². The van der Waals surface area contributed by atoms with Crippen LogP contribution in [-0.4, -0.2) is 44.2 Å². The fourth-order valence-corrected chi connectivity index (χ4v) is 1.75. The van der Waals surface area contributed by atoms with Crippen LogP contribution in [0, 0.1) is 0 Å². The predicted octanol–water partition coefficient (Wildman–Crippen LogP) is 0.941. The van der Waals surface area contributed by atoms with Crippen LogP contribution in [0.25, 0.3) is 5.69 Å². The molecule has 0 bridgehead atoms. The number of rotatable bonds is 5. The van der Waals surface area contributed by atoms with E-state index in [1.807, 2.05) is 0 Å². The number of carbonyl (C=O) groups is 2. The molecule has 0 aliphatic heterocycles. The molecule has 1 amide bonds. The molecule has 0 aliphatic rings. The van der Waals surface area contributed by atoms with Crippen molar-refractivity contribution in [1.29, 1.82) is 0 Å². The van der Waals surface area contributed by atoms with Gasteiger partial charge in [-0.2, -0.15) is 13.2 Å². The summed E-state index contributed by atoms with van der Waals surface area (Å²) in [7, 11) is 0. The van der Waals surface area contributed by atoms with Gasteiger partial charge in [0.2, 0.25) is 0 Å². The second kappa shape index (κ2) is 6.46. The second-order valence-corrected chi connectivity index (χ2v) is 4.56. The van der Waals surface area contributed by atoms with Gasteiger partial charge >= 0.3 is 18.1 Å². The van der Waals surface area contributed by atoms with Gasteiger partial charge in [-0.1, -0.05) is 23.4 Å². The van der Waals surface area contributed by atoms with Crippen LogP contribution < -0.4 is 5.32 Å². The molecular formula is C13H11F3N4O3. The van der Waals surface area contributed by atoms with E-state index in [0.717, 1.165) is 0 Å². The summed E-state index contributed by atoms with van der Waals surface area (Å²) in [4.78, 5) is 21.9. The first kappa shape index (κ1) is 16.5. The van der Waals surface area contributed by atoms with Gasteiger partial charge in [-0.25, -0.2) is 9.48 Å². The average molecular weight is 328 g/mol. The summed E-state index contributed by atoms with van der Waals surface area (Å²) in [5.74, 6) is -3.92. The molecule has 1 heterocycles. The normalized spacial score (nSPS) is 12.7. The Hall–Kier alpha value is -2.91. The summed E-state index contributed by atoms with van der Waals surface area (Å²) < 4.78 is 37.9. The van der Waals surface area contributed by atoms with Crippen molar-refractivity contribution in [3.8, 4) is 5.69 Å². The highest BCUT2D eigenvalue weighted by molar-refractivity contribution is 5.87. The highest BCUT2D eigenvalue weighted by Crippen LogP contribution is 2.15. The Kier molecular flexibility index (Phi) is 4.63. The third-order valence-electron chi connectivity index (χ3n) is 2.84. The van der Waals surface area contributed by atoms with E-state index in [9.17, 15) is 22.8 Å². The zero-order valence-corrected chi connectivity index (χ0v) is 11.5. The Morgan fingerprint density at radius 2 is 1.91 bits per heavy atom. The Bertz CT molecular complexity index is 700. The number of carboxylic acid groups (broad SMARTS) is 1. The summed E-state index contributed by atoms with van der Waals surface area (Å²) in [6, 6.07) is 6.97. The predicted molar refractivity (Wildman–Crippen MR) is 70.7 cm³/mol. The Labute approximate surface area is 127 Å². The zero-order chi connectivity index (χ0) is 17.0. The number of nitrogens with one attached hydrogen (secondary N) is 1. The third-order valence-corrected chi connectivity index (χ3v) is 2.84. The molecule has 1 aromatic heterocycles. The van der Waals surface area contributed by atoms with E-state index in [0.29, 0.717) is 5.69 Å². The number of benzene rings is 1. The summed E-state index contributed by atoms with van der Waals surface area (Å²) in [5, 5.41) is 17.8. The Morgan fingerprint density at radius 3 is 2.48 bits per heavy atom. The van der Waals surface area contributed by atoms with Crippen LogP contribution in [-0.2, 0) is 16.0 Å². The molecule has 1 aromatic carbocycles. The van der Waals surface area contributed by atoms with Crippen LogP contribution in [0.3, 0.4) is 0 Å². The van der Waals surface area contributed by atoms with Crippen LogP contribution in [0.4, 0.5) is 13.2 Å². The van der Waals surface area contributed by atoms with Crippen LogP contribution in [0.5, 0.6) is 0 Å². The van der Waals surface area contributed by atoms with Crippen molar-refractivity contribution in [2.75, 3.05) is 0 Å². The van der Waals surface area contributed by atoms with Gasteiger partial charge in [0.1, 0.15) is 6.04 Å². The summed E-state index contributed by atoms with van der Waals surface area (Å²) in [6.07, 6.45) is -4.20. The van der Waals surface area contributed by atoms with Gasteiger partial charge in [0.25, 0.3) is 0 Å². The monoisotopic (exact) mass is 328 g/mol. The topological polar surface area (TPSA) is 97.1 Å². The molecular weight excluding hydrogens is 317 g/mol. The van der Waals surface area contributed by atoms with Gasteiger partial charge in [0, 0.05) is 6.42 Å². The van der Waals surface area contributed by atoms with Crippen molar-refractivity contribution in [2.45, 2.75) is 18.6 Å². The maximum atomic E-state index is 12.2. The number of alkyl halides is 3. The molecule has 7 nitrogen and oxygen atoms in total. The maximum absolute atomic E-state index is 12.2. The second-order valence-electron chi connectivity index (χ2n) is 4.56. The van der Waals surface area contributed by atoms with Gasteiger partial charge in [0.15, 0.2) is 0 Å². The molecule has 2 aromatic rings. The number of aliphatic carboxylic acids is 1. The standard InChI is InChI=1S/C13H11F3N4O3/c14-13(15,16)12(23)17-10(11(21)22)6-8-7-20(19-18-8)9-4-2-1-3-5-9/h1-5,7,10H,6H2,(H,17,23)(H,21,22). The molecule has 0 radical (unpaired) electrons. The molecule has 122 valence electrons. The van der Waals surface area contributed by atoms with Crippen molar-refractivity contribution in [3.05, 3.63) is 42.2 Å². The number of amides is 1. The summed E-state index contributed by atoms with van der Waals surface area (Å²) in [5.41, 5.74) is 0.779. The van der Waals surface area contributed by atoms with E-state index in [2.05, 4.69) is 10.3 Å². The first-order chi connectivity index (χ1) is 10.8. The molecule has 2 N–H and O–H groups in total. The number of aromatic nitrogens is 3. The molecule has 0 saturated heterocycles. The van der Waals surface area contributed by atoms with E-state index in [4.69, 9.17) is 5.11 Å². The minimum atomic E-state index is -5.16. The van der Waals surface area contributed by atoms with Crippen molar-refractivity contribution in [1.82, 2.24) is 20.3 Å². The van der Waals surface area contributed by atoms with Gasteiger partial charge in [-0.15, -0.1) is 5.10 Å². The first-order valence-electron chi connectivity index (χ1n) is 6.34. The molecule has 0 saturated carbocycles. The quantitative estimate of drug-likeness (QED) is 0.851. The zero-order valence-electron chi connectivity index (χ0n) is 11.5. The van der Waals surface area contributed by atoms with Crippen LogP contribution in [0.15, 0.2) is 36.5 Å². The number of hydrogen-bond acceptors (Lipinski definition) is 4. The van der Waals surface area contributed by atoms with E-state index in [-0.39, 0.29) is 5.69 Å². The number of para-hydroxylation sites is 1. The summed E-state index contributed by atoms with van der Waals surface area (Å²) >= 11 is 0. The number of carbonyl (C=O) groups excluding carboxylic acids is 1.